The first-order valence-electron chi connectivity index (χ1n) is 10.6. The number of likely N-dealkylation sites (tertiary alicyclic amines) is 1. The summed E-state index contributed by atoms with van der Waals surface area (Å²) in [6, 6.07) is 9.80. The molecule has 12 heteroatoms. The molecule has 3 heterocycles. The van der Waals surface area contributed by atoms with E-state index in [0.717, 1.165) is 38.4 Å². The van der Waals surface area contributed by atoms with Gasteiger partial charge in [0.15, 0.2) is 0 Å². The number of carboxylic acid groups (broad SMARTS) is 1. The fourth-order valence-electron chi connectivity index (χ4n) is 4.06. The van der Waals surface area contributed by atoms with Gasteiger partial charge in [0.1, 0.15) is 5.75 Å². The molecule has 1 aromatic carbocycles. The predicted molar refractivity (Wildman–Crippen MR) is 112 cm³/mol. The van der Waals surface area contributed by atoms with Gasteiger partial charge in [-0.1, -0.05) is 17.3 Å². The van der Waals surface area contributed by atoms with E-state index in [1.807, 2.05) is 12.1 Å². The van der Waals surface area contributed by atoms with Gasteiger partial charge in [-0.3, -0.25) is 9.69 Å². The van der Waals surface area contributed by atoms with Crippen LogP contribution in [0.1, 0.15) is 22.5 Å². The van der Waals surface area contributed by atoms with Gasteiger partial charge in [0.2, 0.25) is 5.76 Å². The Kier molecular flexibility index (Phi) is 8.51. The standard InChI is InChI=1S/C20H25N3O4.C2HF3O2/c1-25-16-4-2-14(3-5-16)11-23-9-7-15-13-26-19(17(15)12-23)10-21-20(24)18-6-8-22-27-18;3-2(4,5)1(6)7/h2-6,8,15,17,19H,7,9-13H2,1H3,(H,21,24);(H,6,7)/t15-,17-,19+;/m0./s1. The summed E-state index contributed by atoms with van der Waals surface area (Å²) >= 11 is 0. The Bertz CT molecular complexity index is 936. The van der Waals surface area contributed by atoms with Crippen molar-refractivity contribution >= 4 is 11.9 Å². The number of methoxy groups -OCH3 is 1. The average molecular weight is 485 g/mol. The summed E-state index contributed by atoms with van der Waals surface area (Å²) in [5.74, 6) is -0.882. The second-order valence-electron chi connectivity index (χ2n) is 8.06. The number of amides is 1. The molecule has 2 N–H and O–H groups in total. The van der Waals surface area contributed by atoms with E-state index >= 15 is 0 Å². The van der Waals surface area contributed by atoms with Crippen molar-refractivity contribution in [1.82, 2.24) is 15.4 Å². The highest BCUT2D eigenvalue weighted by Gasteiger charge is 2.41. The Morgan fingerprint density at radius 1 is 1.26 bits per heavy atom. The van der Waals surface area contributed by atoms with Crippen molar-refractivity contribution in [3.63, 3.8) is 0 Å². The number of nitrogens with zero attached hydrogens (tertiary/aromatic N) is 2. The van der Waals surface area contributed by atoms with E-state index in [4.69, 9.17) is 23.9 Å². The number of hydrogen-bond donors (Lipinski definition) is 2. The van der Waals surface area contributed by atoms with Crippen LogP contribution in [0, 0.1) is 11.8 Å². The van der Waals surface area contributed by atoms with Crippen molar-refractivity contribution in [1.29, 1.82) is 0 Å². The maximum absolute atomic E-state index is 12.1. The molecule has 2 saturated heterocycles. The van der Waals surface area contributed by atoms with Crippen LogP contribution in [-0.4, -0.2) is 72.7 Å². The number of fused-ring (bicyclic) bond motifs is 1. The van der Waals surface area contributed by atoms with Crippen molar-refractivity contribution in [3.8, 4) is 5.75 Å². The third-order valence-corrected chi connectivity index (χ3v) is 5.83. The molecule has 34 heavy (non-hydrogen) atoms. The molecule has 0 unspecified atom stereocenters. The third-order valence-electron chi connectivity index (χ3n) is 5.83. The molecule has 2 aliphatic rings. The average Bonchev–Trinajstić information content (AvgIpc) is 3.48. The highest BCUT2D eigenvalue weighted by Crippen LogP contribution is 2.34. The van der Waals surface area contributed by atoms with Gasteiger partial charge in [0, 0.05) is 31.6 Å². The van der Waals surface area contributed by atoms with Crippen molar-refractivity contribution in [2.24, 2.45) is 11.8 Å². The lowest BCUT2D eigenvalue weighted by atomic mass is 9.84. The molecule has 186 valence electrons. The number of carbonyl (C=O) groups excluding carboxylic acids is 1. The molecule has 3 atom stereocenters. The van der Waals surface area contributed by atoms with Crippen molar-refractivity contribution in [2.45, 2.75) is 25.2 Å². The minimum absolute atomic E-state index is 0.0422. The fraction of sp³-hybridized carbons (Fsp3) is 0.500. The van der Waals surface area contributed by atoms with Crippen molar-refractivity contribution in [2.75, 3.05) is 33.4 Å². The molecule has 4 rings (SSSR count). The number of aromatic nitrogens is 1. The zero-order chi connectivity index (χ0) is 24.7. The van der Waals surface area contributed by atoms with Gasteiger partial charge in [0.05, 0.1) is 26.0 Å². The van der Waals surface area contributed by atoms with Crippen LogP contribution in [0.4, 0.5) is 13.2 Å². The Balaban J connectivity index is 0.000000406. The van der Waals surface area contributed by atoms with Crippen LogP contribution in [0.5, 0.6) is 5.75 Å². The quantitative estimate of drug-likeness (QED) is 0.642. The number of rotatable bonds is 6. The molecule has 2 aliphatic heterocycles. The number of aliphatic carboxylic acids is 1. The van der Waals surface area contributed by atoms with Gasteiger partial charge < -0.3 is 24.4 Å². The smallest absolute Gasteiger partial charge is 0.490 e. The molecular formula is C22H26F3N3O6. The molecule has 0 aliphatic carbocycles. The van der Waals surface area contributed by atoms with Gasteiger partial charge in [-0.25, -0.2) is 4.79 Å². The Morgan fingerprint density at radius 2 is 1.97 bits per heavy atom. The summed E-state index contributed by atoms with van der Waals surface area (Å²) in [5.41, 5.74) is 1.28. The molecular weight excluding hydrogens is 459 g/mol. The molecule has 0 spiro atoms. The maximum atomic E-state index is 12.1. The predicted octanol–water partition coefficient (Wildman–Crippen LogP) is 2.58. The lowest BCUT2D eigenvalue weighted by Crippen LogP contribution is -2.45. The summed E-state index contributed by atoms with van der Waals surface area (Å²) in [7, 11) is 1.68. The summed E-state index contributed by atoms with van der Waals surface area (Å²) < 4.78 is 47.9. The van der Waals surface area contributed by atoms with Gasteiger partial charge in [-0.15, -0.1) is 0 Å². The second kappa shape index (κ2) is 11.3. The first-order valence-corrected chi connectivity index (χ1v) is 10.6. The lowest BCUT2D eigenvalue weighted by Gasteiger charge is -2.36. The van der Waals surface area contributed by atoms with Gasteiger partial charge in [-0.2, -0.15) is 13.2 Å². The first-order chi connectivity index (χ1) is 16.2. The van der Waals surface area contributed by atoms with Crippen molar-refractivity contribution < 1.29 is 41.9 Å². The van der Waals surface area contributed by atoms with Gasteiger partial charge >= 0.3 is 12.1 Å². The van der Waals surface area contributed by atoms with E-state index in [2.05, 4.69) is 27.5 Å². The second-order valence-corrected chi connectivity index (χ2v) is 8.06. The number of alkyl halides is 3. The normalized spacial score (nSPS) is 22.3. The molecule has 0 radical (unpaired) electrons. The van der Waals surface area contributed by atoms with E-state index in [9.17, 15) is 18.0 Å². The number of benzene rings is 1. The zero-order valence-corrected chi connectivity index (χ0v) is 18.5. The summed E-state index contributed by atoms with van der Waals surface area (Å²) in [6.45, 7) is 4.26. The van der Waals surface area contributed by atoms with E-state index in [0.29, 0.717) is 18.4 Å². The number of piperidine rings is 1. The SMILES string of the molecule is COc1ccc(CN2CC[C@H]3CO[C@H](CNC(=O)c4ccno4)[C@H]3C2)cc1.O=C(O)C(F)(F)F. The molecule has 2 fully saturated rings. The van der Waals surface area contributed by atoms with Crippen LogP contribution in [0.2, 0.25) is 0 Å². The molecule has 0 saturated carbocycles. The maximum Gasteiger partial charge on any atom is 0.490 e. The molecule has 9 nitrogen and oxygen atoms in total. The van der Waals surface area contributed by atoms with E-state index < -0.39 is 12.1 Å². The number of halogens is 3. The Labute approximate surface area is 193 Å². The zero-order valence-electron chi connectivity index (χ0n) is 18.5. The van der Waals surface area contributed by atoms with E-state index in [-0.39, 0.29) is 17.8 Å². The summed E-state index contributed by atoms with van der Waals surface area (Å²) in [5, 5.41) is 13.6. The van der Waals surface area contributed by atoms with Crippen LogP contribution in [0.25, 0.3) is 0 Å². The molecule has 0 bridgehead atoms. The van der Waals surface area contributed by atoms with Crippen LogP contribution >= 0.6 is 0 Å². The number of carbonyl (C=O) groups is 2. The first kappa shape index (κ1) is 25.5. The largest absolute Gasteiger partial charge is 0.497 e. The van der Waals surface area contributed by atoms with Gasteiger partial charge in [-0.05, 0) is 36.6 Å². The number of hydrogen-bond acceptors (Lipinski definition) is 7. The van der Waals surface area contributed by atoms with E-state index in [1.165, 1.54) is 11.8 Å². The molecule has 1 aromatic heterocycles. The van der Waals surface area contributed by atoms with Gasteiger partial charge in [0.25, 0.3) is 5.91 Å². The fourth-order valence-corrected chi connectivity index (χ4v) is 4.06. The number of carboxylic acids is 1. The van der Waals surface area contributed by atoms with Crippen LogP contribution < -0.4 is 10.1 Å². The minimum atomic E-state index is -5.08. The molecule has 2 aromatic rings. The number of ether oxygens (including phenoxy) is 2. The Morgan fingerprint density at radius 3 is 2.56 bits per heavy atom. The van der Waals surface area contributed by atoms with Crippen LogP contribution in [-0.2, 0) is 16.1 Å². The monoisotopic (exact) mass is 485 g/mol. The molecule has 1 amide bonds. The summed E-state index contributed by atoms with van der Waals surface area (Å²) in [4.78, 5) is 23.4. The van der Waals surface area contributed by atoms with Crippen LogP contribution in [0.15, 0.2) is 41.1 Å². The van der Waals surface area contributed by atoms with Crippen LogP contribution in [0.3, 0.4) is 0 Å². The number of nitrogens with one attached hydrogen (secondary N) is 1. The highest BCUT2D eigenvalue weighted by atomic mass is 19.4. The van der Waals surface area contributed by atoms with E-state index in [1.54, 1.807) is 13.2 Å². The summed E-state index contributed by atoms with van der Waals surface area (Å²) in [6.07, 6.45) is -2.44. The highest BCUT2D eigenvalue weighted by molar-refractivity contribution is 5.91. The third kappa shape index (κ3) is 6.94. The minimum Gasteiger partial charge on any atom is -0.497 e. The van der Waals surface area contributed by atoms with Crippen molar-refractivity contribution in [3.05, 3.63) is 47.9 Å². The lowest BCUT2D eigenvalue weighted by molar-refractivity contribution is -0.192. The Hall–Kier alpha value is -3.12. The topological polar surface area (TPSA) is 114 Å².